The van der Waals surface area contributed by atoms with Gasteiger partial charge in [0.15, 0.2) is 11.6 Å². The van der Waals surface area contributed by atoms with Crippen LogP contribution in [0.15, 0.2) is 18.2 Å². The number of carbonyl (C=O) groups is 1. The largest absolute Gasteiger partial charge is 0.345 e. The third-order valence-corrected chi connectivity index (χ3v) is 4.18. The Bertz CT molecular complexity index is 497. The minimum atomic E-state index is -1.02. The molecule has 0 saturated heterocycles. The van der Waals surface area contributed by atoms with Crippen molar-refractivity contribution in [2.24, 2.45) is 11.7 Å². The fourth-order valence-electron chi connectivity index (χ4n) is 2.65. The number of nitrogens with one attached hydrogen (secondary N) is 1. The molecule has 1 fully saturated rings. The van der Waals surface area contributed by atoms with Gasteiger partial charge in [-0.05, 0) is 49.8 Å². The fraction of sp³-hybridized carbons (Fsp3) is 0.533. The topological polar surface area (TPSA) is 55.1 Å². The standard InChI is InChI=1S/C15H20F2N2O/c1-10-4-6-15(9-18,7-5-10)19-14(20)11-2-3-12(16)13(17)8-11/h2-3,8,10H,4-7,9,18H2,1H3,(H,19,20). The number of hydrogen-bond acceptors (Lipinski definition) is 2. The Morgan fingerprint density at radius 1 is 1.35 bits per heavy atom. The maximum absolute atomic E-state index is 13.2. The number of carbonyl (C=O) groups excluding carboxylic acids is 1. The van der Waals surface area contributed by atoms with Gasteiger partial charge in [0, 0.05) is 12.1 Å². The number of benzene rings is 1. The van der Waals surface area contributed by atoms with E-state index < -0.39 is 23.1 Å². The summed E-state index contributed by atoms with van der Waals surface area (Å²) in [6, 6.07) is 3.16. The van der Waals surface area contributed by atoms with Gasteiger partial charge in [-0.25, -0.2) is 8.78 Å². The molecule has 1 amide bonds. The highest BCUT2D eigenvalue weighted by molar-refractivity contribution is 5.94. The van der Waals surface area contributed by atoms with Crippen LogP contribution in [0.3, 0.4) is 0 Å². The number of nitrogens with two attached hydrogens (primary N) is 1. The Labute approximate surface area is 117 Å². The lowest BCUT2D eigenvalue weighted by molar-refractivity contribution is 0.0859. The molecule has 1 saturated carbocycles. The Morgan fingerprint density at radius 2 is 2.00 bits per heavy atom. The van der Waals surface area contributed by atoms with E-state index in [1.165, 1.54) is 6.07 Å². The normalized spacial score (nSPS) is 26.3. The molecule has 0 atom stereocenters. The van der Waals surface area contributed by atoms with E-state index in [9.17, 15) is 13.6 Å². The number of rotatable bonds is 3. The van der Waals surface area contributed by atoms with Crippen LogP contribution in [0.25, 0.3) is 0 Å². The summed E-state index contributed by atoms with van der Waals surface area (Å²) < 4.78 is 26.0. The van der Waals surface area contributed by atoms with E-state index >= 15 is 0 Å². The first-order valence-electron chi connectivity index (χ1n) is 6.93. The van der Waals surface area contributed by atoms with Gasteiger partial charge >= 0.3 is 0 Å². The molecule has 0 aliphatic heterocycles. The molecule has 1 aliphatic rings. The Balaban J connectivity index is 2.11. The summed E-state index contributed by atoms with van der Waals surface area (Å²) in [7, 11) is 0. The van der Waals surface area contributed by atoms with Gasteiger partial charge in [-0.15, -0.1) is 0 Å². The van der Waals surface area contributed by atoms with Gasteiger partial charge in [-0.3, -0.25) is 4.79 Å². The minimum absolute atomic E-state index is 0.121. The summed E-state index contributed by atoms with van der Waals surface area (Å²) in [5, 5.41) is 2.91. The lowest BCUT2D eigenvalue weighted by Gasteiger charge is -2.39. The second kappa shape index (κ2) is 5.87. The van der Waals surface area contributed by atoms with Crippen molar-refractivity contribution in [1.29, 1.82) is 0 Å². The van der Waals surface area contributed by atoms with Crippen LogP contribution in [0.5, 0.6) is 0 Å². The highest BCUT2D eigenvalue weighted by atomic mass is 19.2. The molecule has 0 bridgehead atoms. The van der Waals surface area contributed by atoms with E-state index in [2.05, 4.69) is 12.2 Å². The monoisotopic (exact) mass is 282 g/mol. The second-order valence-electron chi connectivity index (χ2n) is 5.75. The maximum atomic E-state index is 13.2. The molecular formula is C15H20F2N2O. The molecule has 5 heteroatoms. The van der Waals surface area contributed by atoms with Gasteiger partial charge in [0.25, 0.3) is 5.91 Å². The van der Waals surface area contributed by atoms with Crippen molar-refractivity contribution in [3.05, 3.63) is 35.4 Å². The van der Waals surface area contributed by atoms with Gasteiger partial charge in [0.1, 0.15) is 0 Å². The third kappa shape index (κ3) is 3.15. The summed E-state index contributed by atoms with van der Waals surface area (Å²) in [4.78, 5) is 12.2. The lowest BCUT2D eigenvalue weighted by Crippen LogP contribution is -2.55. The molecule has 110 valence electrons. The molecular weight excluding hydrogens is 262 g/mol. The summed E-state index contributed by atoms with van der Waals surface area (Å²) in [5.74, 6) is -1.74. The van der Waals surface area contributed by atoms with Gasteiger partial charge in [0.2, 0.25) is 0 Å². The van der Waals surface area contributed by atoms with Crippen LogP contribution in [-0.2, 0) is 0 Å². The number of amides is 1. The molecule has 0 spiro atoms. The van der Waals surface area contributed by atoms with Crippen LogP contribution in [0.4, 0.5) is 8.78 Å². The minimum Gasteiger partial charge on any atom is -0.345 e. The first-order chi connectivity index (χ1) is 9.46. The van der Waals surface area contributed by atoms with Gasteiger partial charge < -0.3 is 11.1 Å². The molecule has 1 aromatic rings. The smallest absolute Gasteiger partial charge is 0.251 e. The van der Waals surface area contributed by atoms with E-state index in [0.717, 1.165) is 37.8 Å². The first-order valence-corrected chi connectivity index (χ1v) is 6.93. The van der Waals surface area contributed by atoms with E-state index in [1.807, 2.05) is 0 Å². The van der Waals surface area contributed by atoms with Crippen molar-refractivity contribution in [2.45, 2.75) is 38.1 Å². The quantitative estimate of drug-likeness (QED) is 0.895. The molecule has 3 nitrogen and oxygen atoms in total. The van der Waals surface area contributed by atoms with Gasteiger partial charge in [-0.2, -0.15) is 0 Å². The lowest BCUT2D eigenvalue weighted by atomic mass is 9.77. The van der Waals surface area contributed by atoms with Crippen molar-refractivity contribution in [3.63, 3.8) is 0 Å². The molecule has 0 unspecified atom stereocenters. The molecule has 0 heterocycles. The van der Waals surface area contributed by atoms with Crippen molar-refractivity contribution in [2.75, 3.05) is 6.54 Å². The van der Waals surface area contributed by atoms with Crippen LogP contribution in [0.1, 0.15) is 43.0 Å². The summed E-state index contributed by atoms with van der Waals surface area (Å²) in [6.07, 6.45) is 3.66. The van der Waals surface area contributed by atoms with Crippen LogP contribution < -0.4 is 11.1 Å². The van der Waals surface area contributed by atoms with Crippen molar-refractivity contribution in [1.82, 2.24) is 5.32 Å². The second-order valence-corrected chi connectivity index (χ2v) is 5.75. The Kier molecular flexibility index (Phi) is 4.38. The highest BCUT2D eigenvalue weighted by Crippen LogP contribution is 2.31. The molecule has 1 aromatic carbocycles. The predicted molar refractivity (Wildman–Crippen MR) is 73.2 cm³/mol. The average molecular weight is 282 g/mol. The number of halogens is 2. The molecule has 2 rings (SSSR count). The summed E-state index contributed by atoms with van der Waals surface area (Å²) >= 11 is 0. The number of hydrogen-bond donors (Lipinski definition) is 2. The van der Waals surface area contributed by atoms with E-state index in [1.54, 1.807) is 0 Å². The zero-order chi connectivity index (χ0) is 14.8. The Morgan fingerprint density at radius 3 is 2.55 bits per heavy atom. The predicted octanol–water partition coefficient (Wildman–Crippen LogP) is 2.60. The van der Waals surface area contributed by atoms with E-state index in [4.69, 9.17) is 5.73 Å². The van der Waals surface area contributed by atoms with Crippen LogP contribution in [0.2, 0.25) is 0 Å². The first kappa shape index (κ1) is 14.9. The third-order valence-electron chi connectivity index (χ3n) is 4.18. The molecule has 0 aromatic heterocycles. The zero-order valence-electron chi connectivity index (χ0n) is 11.6. The zero-order valence-corrected chi connectivity index (χ0v) is 11.6. The van der Waals surface area contributed by atoms with Crippen LogP contribution in [0, 0.1) is 17.6 Å². The van der Waals surface area contributed by atoms with E-state index in [0.29, 0.717) is 12.5 Å². The molecule has 0 radical (unpaired) electrons. The van der Waals surface area contributed by atoms with Gasteiger partial charge in [0.05, 0.1) is 5.54 Å². The molecule has 3 N–H and O–H groups in total. The summed E-state index contributed by atoms with van der Waals surface area (Å²) in [5.41, 5.74) is 5.51. The van der Waals surface area contributed by atoms with Crippen molar-refractivity contribution < 1.29 is 13.6 Å². The Hall–Kier alpha value is -1.49. The average Bonchev–Trinajstić information content (AvgIpc) is 2.44. The van der Waals surface area contributed by atoms with Crippen molar-refractivity contribution in [3.8, 4) is 0 Å². The SMILES string of the molecule is CC1CCC(CN)(NC(=O)c2ccc(F)c(F)c2)CC1. The summed E-state index contributed by atoms with van der Waals surface area (Å²) in [6.45, 7) is 2.53. The fourth-order valence-corrected chi connectivity index (χ4v) is 2.65. The molecule has 1 aliphatic carbocycles. The maximum Gasteiger partial charge on any atom is 0.251 e. The molecule has 20 heavy (non-hydrogen) atoms. The van der Waals surface area contributed by atoms with E-state index in [-0.39, 0.29) is 5.56 Å². The van der Waals surface area contributed by atoms with Gasteiger partial charge in [-0.1, -0.05) is 6.92 Å². The van der Waals surface area contributed by atoms with Crippen molar-refractivity contribution >= 4 is 5.91 Å². The van der Waals surface area contributed by atoms with Crippen LogP contribution in [-0.4, -0.2) is 18.0 Å². The van der Waals surface area contributed by atoms with Crippen LogP contribution >= 0.6 is 0 Å². The highest BCUT2D eigenvalue weighted by Gasteiger charge is 2.34.